The quantitative estimate of drug-likeness (QED) is 0.510. The average molecular weight is 323 g/mol. The Morgan fingerprint density at radius 2 is 2.00 bits per heavy atom. The lowest BCUT2D eigenvalue weighted by atomic mass is 10.1. The molecule has 0 spiro atoms. The first-order chi connectivity index (χ1) is 11.8. The highest BCUT2D eigenvalue weighted by Gasteiger charge is 2.11. The third kappa shape index (κ3) is 3.63. The standard InChI is InChI=1S/C19H21N3O2/c1-2-20-22(14-23)13-7-11-15-10-6-12-17-18(15)24-19(21-17)16-8-4-3-5-9-16/h3-6,8-10,12,14,20H,2,7,11,13H2,1H3. The number of hydrazine groups is 1. The molecule has 0 saturated carbocycles. The number of amides is 1. The zero-order valence-electron chi connectivity index (χ0n) is 13.7. The number of rotatable bonds is 8. The van der Waals surface area contributed by atoms with Crippen molar-refractivity contribution in [1.82, 2.24) is 15.4 Å². The summed E-state index contributed by atoms with van der Waals surface area (Å²) in [4.78, 5) is 15.5. The summed E-state index contributed by atoms with van der Waals surface area (Å²) in [6.07, 6.45) is 2.51. The number of hydrogen-bond acceptors (Lipinski definition) is 4. The zero-order chi connectivity index (χ0) is 16.8. The second kappa shape index (κ2) is 7.75. The van der Waals surface area contributed by atoms with Crippen molar-refractivity contribution in [3.63, 3.8) is 0 Å². The van der Waals surface area contributed by atoms with Gasteiger partial charge in [-0.2, -0.15) is 0 Å². The van der Waals surface area contributed by atoms with E-state index in [9.17, 15) is 4.79 Å². The van der Waals surface area contributed by atoms with Crippen LogP contribution in [0.3, 0.4) is 0 Å². The normalized spacial score (nSPS) is 10.9. The number of carbonyl (C=O) groups excluding carboxylic acids is 1. The molecule has 1 amide bonds. The molecule has 0 saturated heterocycles. The summed E-state index contributed by atoms with van der Waals surface area (Å²) < 4.78 is 6.01. The van der Waals surface area contributed by atoms with Crippen LogP contribution in [0, 0.1) is 0 Å². The van der Waals surface area contributed by atoms with Crippen LogP contribution in [0.1, 0.15) is 18.9 Å². The van der Waals surface area contributed by atoms with E-state index in [1.54, 1.807) is 5.01 Å². The Balaban J connectivity index is 1.76. The van der Waals surface area contributed by atoms with Gasteiger partial charge in [0.15, 0.2) is 5.58 Å². The van der Waals surface area contributed by atoms with E-state index in [1.807, 2.05) is 49.4 Å². The highest BCUT2D eigenvalue weighted by Crippen LogP contribution is 2.27. The Kier molecular flexibility index (Phi) is 5.23. The van der Waals surface area contributed by atoms with Gasteiger partial charge in [0, 0.05) is 18.7 Å². The van der Waals surface area contributed by atoms with E-state index in [1.165, 1.54) is 0 Å². The fourth-order valence-corrected chi connectivity index (χ4v) is 2.72. The van der Waals surface area contributed by atoms with Crippen molar-refractivity contribution in [1.29, 1.82) is 0 Å². The van der Waals surface area contributed by atoms with Crippen LogP contribution >= 0.6 is 0 Å². The number of aryl methyl sites for hydroxylation is 1. The highest BCUT2D eigenvalue weighted by molar-refractivity contribution is 5.79. The van der Waals surface area contributed by atoms with E-state index in [0.717, 1.165) is 48.0 Å². The van der Waals surface area contributed by atoms with Crippen molar-refractivity contribution in [2.75, 3.05) is 13.1 Å². The molecule has 2 aromatic carbocycles. The smallest absolute Gasteiger partial charge is 0.227 e. The van der Waals surface area contributed by atoms with Gasteiger partial charge in [-0.3, -0.25) is 9.80 Å². The van der Waals surface area contributed by atoms with Crippen molar-refractivity contribution in [3.05, 3.63) is 54.1 Å². The monoisotopic (exact) mass is 323 g/mol. The lowest BCUT2D eigenvalue weighted by Crippen LogP contribution is -2.37. The summed E-state index contributed by atoms with van der Waals surface area (Å²) >= 11 is 0. The van der Waals surface area contributed by atoms with Crippen molar-refractivity contribution < 1.29 is 9.21 Å². The van der Waals surface area contributed by atoms with Crippen LogP contribution in [-0.4, -0.2) is 29.5 Å². The molecular weight excluding hydrogens is 302 g/mol. The topological polar surface area (TPSA) is 58.4 Å². The van der Waals surface area contributed by atoms with Crippen molar-refractivity contribution in [3.8, 4) is 11.5 Å². The molecule has 3 rings (SSSR count). The van der Waals surface area contributed by atoms with E-state index >= 15 is 0 Å². The van der Waals surface area contributed by atoms with Gasteiger partial charge >= 0.3 is 0 Å². The second-order valence-electron chi connectivity index (χ2n) is 5.56. The first-order valence-electron chi connectivity index (χ1n) is 8.21. The van der Waals surface area contributed by atoms with Gasteiger partial charge < -0.3 is 4.42 Å². The highest BCUT2D eigenvalue weighted by atomic mass is 16.3. The molecular formula is C19H21N3O2. The number of hydrogen-bond donors (Lipinski definition) is 1. The first kappa shape index (κ1) is 16.2. The summed E-state index contributed by atoms with van der Waals surface area (Å²) in [5.41, 5.74) is 6.79. The number of para-hydroxylation sites is 1. The van der Waals surface area contributed by atoms with Crippen LogP contribution in [0.5, 0.6) is 0 Å². The lowest BCUT2D eigenvalue weighted by molar-refractivity contribution is -0.120. The molecule has 3 aromatic rings. The SMILES string of the molecule is CCNN(C=O)CCCc1cccc2nc(-c3ccccc3)oc12. The van der Waals surface area contributed by atoms with Crippen LogP contribution < -0.4 is 5.43 Å². The molecule has 5 heteroatoms. The first-order valence-corrected chi connectivity index (χ1v) is 8.21. The molecule has 0 aliphatic carbocycles. The molecule has 1 aromatic heterocycles. The fraction of sp³-hybridized carbons (Fsp3) is 0.263. The van der Waals surface area contributed by atoms with Gasteiger partial charge in [-0.15, -0.1) is 0 Å². The van der Waals surface area contributed by atoms with Crippen molar-refractivity contribution in [2.24, 2.45) is 0 Å². The molecule has 1 N–H and O–H groups in total. The molecule has 0 bridgehead atoms. The summed E-state index contributed by atoms with van der Waals surface area (Å²) in [5.74, 6) is 0.639. The molecule has 0 aliphatic rings. The van der Waals surface area contributed by atoms with Crippen LogP contribution in [0.4, 0.5) is 0 Å². The van der Waals surface area contributed by atoms with Crippen LogP contribution in [0.2, 0.25) is 0 Å². The summed E-state index contributed by atoms with van der Waals surface area (Å²) in [6, 6.07) is 15.9. The Hall–Kier alpha value is -2.66. The maximum atomic E-state index is 10.9. The number of nitrogens with zero attached hydrogens (tertiary/aromatic N) is 2. The van der Waals surface area contributed by atoms with Crippen LogP contribution in [0.25, 0.3) is 22.6 Å². The number of nitrogens with one attached hydrogen (secondary N) is 1. The molecule has 0 atom stereocenters. The third-order valence-electron chi connectivity index (χ3n) is 3.85. The van der Waals surface area contributed by atoms with E-state index in [4.69, 9.17) is 4.42 Å². The number of benzene rings is 2. The summed E-state index contributed by atoms with van der Waals surface area (Å²) in [6.45, 7) is 3.36. The number of fused-ring (bicyclic) bond motifs is 1. The Morgan fingerprint density at radius 3 is 2.75 bits per heavy atom. The molecule has 24 heavy (non-hydrogen) atoms. The number of carbonyl (C=O) groups is 1. The largest absolute Gasteiger partial charge is 0.436 e. The average Bonchev–Trinajstić information content (AvgIpc) is 3.07. The Labute approximate surface area is 141 Å². The Bertz CT molecular complexity index is 799. The minimum Gasteiger partial charge on any atom is -0.436 e. The van der Waals surface area contributed by atoms with Crippen LogP contribution in [0.15, 0.2) is 52.9 Å². The van der Waals surface area contributed by atoms with Gasteiger partial charge in [0.05, 0.1) is 0 Å². The molecule has 0 fully saturated rings. The van der Waals surface area contributed by atoms with E-state index in [-0.39, 0.29) is 0 Å². The summed E-state index contributed by atoms with van der Waals surface area (Å²) in [7, 11) is 0. The van der Waals surface area contributed by atoms with E-state index in [0.29, 0.717) is 12.4 Å². The van der Waals surface area contributed by atoms with Crippen LogP contribution in [-0.2, 0) is 11.2 Å². The van der Waals surface area contributed by atoms with Crippen molar-refractivity contribution in [2.45, 2.75) is 19.8 Å². The lowest BCUT2D eigenvalue weighted by Gasteiger charge is -2.16. The van der Waals surface area contributed by atoms with Gasteiger partial charge in [0.25, 0.3) is 0 Å². The minimum atomic E-state index is 0.639. The van der Waals surface area contributed by atoms with Crippen molar-refractivity contribution >= 4 is 17.5 Å². The molecule has 5 nitrogen and oxygen atoms in total. The van der Waals surface area contributed by atoms with E-state index < -0.39 is 0 Å². The second-order valence-corrected chi connectivity index (χ2v) is 5.56. The van der Waals surface area contributed by atoms with Gasteiger partial charge in [0.1, 0.15) is 5.52 Å². The summed E-state index contributed by atoms with van der Waals surface area (Å²) in [5, 5.41) is 1.58. The fourth-order valence-electron chi connectivity index (χ4n) is 2.72. The molecule has 0 unspecified atom stereocenters. The third-order valence-corrected chi connectivity index (χ3v) is 3.85. The predicted molar refractivity (Wildman–Crippen MR) is 94.2 cm³/mol. The molecule has 124 valence electrons. The number of oxazole rings is 1. The molecule has 0 aliphatic heterocycles. The maximum absolute atomic E-state index is 10.9. The minimum absolute atomic E-state index is 0.639. The van der Waals surface area contributed by atoms with Gasteiger partial charge in [-0.25, -0.2) is 10.4 Å². The predicted octanol–water partition coefficient (Wildman–Crippen LogP) is 3.41. The van der Waals surface area contributed by atoms with Gasteiger partial charge in [-0.05, 0) is 36.6 Å². The Morgan fingerprint density at radius 1 is 1.17 bits per heavy atom. The van der Waals surface area contributed by atoms with E-state index in [2.05, 4.69) is 16.5 Å². The van der Waals surface area contributed by atoms with Gasteiger partial charge in [0.2, 0.25) is 12.3 Å². The maximum Gasteiger partial charge on any atom is 0.227 e. The van der Waals surface area contributed by atoms with Gasteiger partial charge in [-0.1, -0.05) is 37.3 Å². The molecule has 0 radical (unpaired) electrons. The zero-order valence-corrected chi connectivity index (χ0v) is 13.7. The molecule has 1 heterocycles. The number of aromatic nitrogens is 1.